The van der Waals surface area contributed by atoms with Crippen molar-refractivity contribution in [1.29, 1.82) is 0 Å². The molecule has 0 aromatic carbocycles. The summed E-state index contributed by atoms with van der Waals surface area (Å²) in [5, 5.41) is 0. The fraction of sp³-hybridized carbons (Fsp3) is 0.500. The Labute approximate surface area is 55.1 Å². The first-order valence-electron chi connectivity index (χ1n) is 3.16. The van der Waals surface area contributed by atoms with Gasteiger partial charge in [0, 0.05) is 5.41 Å². The van der Waals surface area contributed by atoms with Crippen molar-refractivity contribution in [2.75, 3.05) is 0 Å². The first-order valence-corrected chi connectivity index (χ1v) is 3.16. The molecule has 0 aromatic heterocycles. The molecule has 0 bridgehead atoms. The second kappa shape index (κ2) is 1.98. The van der Waals surface area contributed by atoms with Crippen molar-refractivity contribution in [3.05, 3.63) is 24.1 Å². The van der Waals surface area contributed by atoms with Gasteiger partial charge in [-0.15, -0.1) is 0 Å². The summed E-state index contributed by atoms with van der Waals surface area (Å²) in [6.45, 7) is 3.81. The number of hydrogen-bond acceptors (Lipinski definition) is 0. The Balaban J connectivity index is 2.83. The first kappa shape index (κ1) is 6.53. The SMILES string of the molecule is CC1(C)CC=CC=C1F. The Kier molecular flexibility index (Phi) is 1.43. The van der Waals surface area contributed by atoms with E-state index in [9.17, 15) is 4.39 Å². The molecule has 0 heterocycles. The molecule has 0 spiro atoms. The van der Waals surface area contributed by atoms with E-state index in [1.165, 1.54) is 6.08 Å². The summed E-state index contributed by atoms with van der Waals surface area (Å²) in [5.41, 5.74) is -0.255. The molecule has 0 amide bonds. The Morgan fingerprint density at radius 1 is 1.56 bits per heavy atom. The second-order valence-electron chi connectivity index (χ2n) is 3.03. The van der Waals surface area contributed by atoms with E-state index < -0.39 is 0 Å². The van der Waals surface area contributed by atoms with Crippen LogP contribution in [0.2, 0.25) is 0 Å². The lowest BCUT2D eigenvalue weighted by Gasteiger charge is -2.22. The molecule has 9 heavy (non-hydrogen) atoms. The number of allylic oxidation sites excluding steroid dienone is 4. The van der Waals surface area contributed by atoms with Crippen LogP contribution in [0.3, 0.4) is 0 Å². The molecule has 1 heteroatoms. The van der Waals surface area contributed by atoms with Crippen LogP contribution >= 0.6 is 0 Å². The fourth-order valence-corrected chi connectivity index (χ4v) is 0.838. The highest BCUT2D eigenvalue weighted by atomic mass is 19.1. The predicted octanol–water partition coefficient (Wildman–Crippen LogP) is 2.83. The molecular weight excluding hydrogens is 115 g/mol. The lowest BCUT2D eigenvalue weighted by atomic mass is 9.85. The van der Waals surface area contributed by atoms with Crippen LogP contribution in [0.4, 0.5) is 4.39 Å². The smallest absolute Gasteiger partial charge is 0.106 e. The van der Waals surface area contributed by atoms with Crippen LogP contribution in [-0.4, -0.2) is 0 Å². The highest BCUT2D eigenvalue weighted by molar-refractivity contribution is 5.19. The fourth-order valence-electron chi connectivity index (χ4n) is 0.838. The Hall–Kier alpha value is -0.590. The third kappa shape index (κ3) is 1.21. The van der Waals surface area contributed by atoms with Crippen molar-refractivity contribution in [3.63, 3.8) is 0 Å². The van der Waals surface area contributed by atoms with E-state index in [2.05, 4.69) is 0 Å². The summed E-state index contributed by atoms with van der Waals surface area (Å²) in [6.07, 6.45) is 6.10. The molecule has 0 unspecified atom stereocenters. The molecule has 0 radical (unpaired) electrons. The summed E-state index contributed by atoms with van der Waals surface area (Å²) in [7, 11) is 0. The zero-order valence-corrected chi connectivity index (χ0v) is 5.82. The highest BCUT2D eigenvalue weighted by Gasteiger charge is 2.23. The van der Waals surface area contributed by atoms with Crippen LogP contribution in [0.25, 0.3) is 0 Å². The molecule has 0 nitrogen and oxygen atoms in total. The summed E-state index contributed by atoms with van der Waals surface area (Å²) in [6, 6.07) is 0. The zero-order valence-electron chi connectivity index (χ0n) is 5.82. The minimum atomic E-state index is -0.255. The summed E-state index contributed by atoms with van der Waals surface area (Å²) < 4.78 is 12.8. The van der Waals surface area contributed by atoms with Crippen molar-refractivity contribution in [2.45, 2.75) is 20.3 Å². The monoisotopic (exact) mass is 126 g/mol. The van der Waals surface area contributed by atoms with Crippen molar-refractivity contribution in [3.8, 4) is 0 Å². The van der Waals surface area contributed by atoms with Gasteiger partial charge in [-0.05, 0) is 12.5 Å². The Morgan fingerprint density at radius 3 is 2.56 bits per heavy atom. The summed E-state index contributed by atoms with van der Waals surface area (Å²) in [4.78, 5) is 0. The predicted molar refractivity (Wildman–Crippen MR) is 36.7 cm³/mol. The lowest BCUT2D eigenvalue weighted by Crippen LogP contribution is -2.12. The average molecular weight is 126 g/mol. The van der Waals surface area contributed by atoms with Gasteiger partial charge in [0.2, 0.25) is 0 Å². The van der Waals surface area contributed by atoms with Crippen LogP contribution in [0.1, 0.15) is 20.3 Å². The number of hydrogen-bond donors (Lipinski definition) is 0. The molecule has 0 aliphatic heterocycles. The molecule has 1 aliphatic rings. The van der Waals surface area contributed by atoms with Crippen LogP contribution in [-0.2, 0) is 0 Å². The molecule has 0 saturated carbocycles. The van der Waals surface area contributed by atoms with E-state index >= 15 is 0 Å². The largest absolute Gasteiger partial charge is 0.211 e. The maximum Gasteiger partial charge on any atom is 0.106 e. The van der Waals surface area contributed by atoms with Gasteiger partial charge in [-0.1, -0.05) is 26.0 Å². The van der Waals surface area contributed by atoms with E-state index in [0.29, 0.717) is 0 Å². The molecule has 1 rings (SSSR count). The van der Waals surface area contributed by atoms with Gasteiger partial charge < -0.3 is 0 Å². The van der Waals surface area contributed by atoms with E-state index in [0.717, 1.165) is 6.42 Å². The van der Waals surface area contributed by atoms with E-state index in [4.69, 9.17) is 0 Å². The van der Waals surface area contributed by atoms with Gasteiger partial charge in [0.25, 0.3) is 0 Å². The van der Waals surface area contributed by atoms with Gasteiger partial charge in [0.1, 0.15) is 5.83 Å². The standard InChI is InChI=1S/C8H11F/c1-8(2)6-4-3-5-7(8)9/h3-5H,6H2,1-2H3. The maximum atomic E-state index is 12.8. The van der Waals surface area contributed by atoms with Gasteiger partial charge in [-0.25, -0.2) is 4.39 Å². The van der Waals surface area contributed by atoms with Crippen molar-refractivity contribution in [2.24, 2.45) is 5.41 Å². The first-order chi connectivity index (χ1) is 4.13. The Morgan fingerprint density at radius 2 is 2.22 bits per heavy atom. The second-order valence-corrected chi connectivity index (χ2v) is 3.03. The normalized spacial score (nSPS) is 23.7. The van der Waals surface area contributed by atoms with Gasteiger partial charge in [0.05, 0.1) is 0 Å². The van der Waals surface area contributed by atoms with Gasteiger partial charge >= 0.3 is 0 Å². The molecule has 0 fully saturated rings. The molecular formula is C8H11F. The number of rotatable bonds is 0. The van der Waals surface area contributed by atoms with Gasteiger partial charge in [-0.2, -0.15) is 0 Å². The number of halogens is 1. The quantitative estimate of drug-likeness (QED) is 0.468. The Bertz CT molecular complexity index is 163. The van der Waals surface area contributed by atoms with Gasteiger partial charge in [-0.3, -0.25) is 0 Å². The highest BCUT2D eigenvalue weighted by Crippen LogP contribution is 2.33. The lowest BCUT2D eigenvalue weighted by molar-refractivity contribution is 0.348. The molecule has 0 aromatic rings. The van der Waals surface area contributed by atoms with Crippen molar-refractivity contribution < 1.29 is 4.39 Å². The van der Waals surface area contributed by atoms with Crippen LogP contribution in [0.15, 0.2) is 24.1 Å². The summed E-state index contributed by atoms with van der Waals surface area (Å²) >= 11 is 0. The average Bonchev–Trinajstić information content (AvgIpc) is 1.77. The maximum absolute atomic E-state index is 12.8. The zero-order chi connectivity index (χ0) is 6.91. The van der Waals surface area contributed by atoms with E-state index in [1.54, 1.807) is 6.08 Å². The van der Waals surface area contributed by atoms with Gasteiger partial charge in [0.15, 0.2) is 0 Å². The molecule has 0 N–H and O–H groups in total. The molecule has 0 saturated heterocycles. The van der Waals surface area contributed by atoms with Crippen LogP contribution in [0.5, 0.6) is 0 Å². The summed E-state index contributed by atoms with van der Waals surface area (Å²) in [5.74, 6) is -0.00926. The molecule has 0 atom stereocenters. The topological polar surface area (TPSA) is 0 Å². The van der Waals surface area contributed by atoms with Crippen molar-refractivity contribution >= 4 is 0 Å². The van der Waals surface area contributed by atoms with Crippen LogP contribution < -0.4 is 0 Å². The van der Waals surface area contributed by atoms with E-state index in [1.807, 2.05) is 19.9 Å². The van der Waals surface area contributed by atoms with Crippen molar-refractivity contribution in [1.82, 2.24) is 0 Å². The van der Waals surface area contributed by atoms with Crippen LogP contribution in [0, 0.1) is 5.41 Å². The third-order valence-corrected chi connectivity index (χ3v) is 1.65. The van der Waals surface area contributed by atoms with E-state index in [-0.39, 0.29) is 11.2 Å². The third-order valence-electron chi connectivity index (χ3n) is 1.65. The minimum absolute atomic E-state index is 0.00926. The molecule has 1 aliphatic carbocycles. The minimum Gasteiger partial charge on any atom is -0.211 e. The molecule has 50 valence electrons.